The molecule has 2 rings (SSSR count). The lowest BCUT2D eigenvalue weighted by atomic mass is 10.4. The number of hydrogen-bond acceptors (Lipinski definition) is 5. The van der Waals surface area contributed by atoms with Crippen molar-refractivity contribution in [1.82, 2.24) is 14.3 Å². The Morgan fingerprint density at radius 1 is 1.43 bits per heavy atom. The van der Waals surface area contributed by atoms with Gasteiger partial charge < -0.3 is 0 Å². The summed E-state index contributed by atoms with van der Waals surface area (Å²) < 4.78 is 4.07. The third kappa shape index (κ3) is 2.22. The molecule has 0 amide bonds. The van der Waals surface area contributed by atoms with Gasteiger partial charge in [0.05, 0.1) is 6.20 Å². The zero-order valence-electron chi connectivity index (χ0n) is 7.93. The van der Waals surface area contributed by atoms with E-state index >= 15 is 0 Å². The minimum atomic E-state index is 0.871. The number of unbranched alkanes of at least 4 members (excludes halogenated alkanes) is 1. The van der Waals surface area contributed by atoms with Gasteiger partial charge in [-0.1, -0.05) is 25.1 Å². The monoisotopic (exact) mass is 225 g/mol. The first-order valence-electron chi connectivity index (χ1n) is 4.60. The average Bonchev–Trinajstić information content (AvgIpc) is 2.65. The molecule has 0 radical (unpaired) electrons. The largest absolute Gasteiger partial charge is 0.230 e. The Kier molecular flexibility index (Phi) is 3.31. The Morgan fingerprint density at radius 3 is 3.21 bits per heavy atom. The van der Waals surface area contributed by atoms with Crippen LogP contribution >= 0.6 is 23.3 Å². The summed E-state index contributed by atoms with van der Waals surface area (Å²) in [5.41, 5.74) is 0. The van der Waals surface area contributed by atoms with Crippen molar-refractivity contribution in [2.75, 3.05) is 5.75 Å². The summed E-state index contributed by atoms with van der Waals surface area (Å²) in [4.78, 5) is 9.67. The summed E-state index contributed by atoms with van der Waals surface area (Å²) in [5, 5.41) is 1.91. The highest BCUT2D eigenvalue weighted by Gasteiger charge is 2.01. The molecule has 3 nitrogen and oxygen atoms in total. The molecule has 14 heavy (non-hydrogen) atoms. The molecular weight excluding hydrogens is 214 g/mol. The predicted molar refractivity (Wildman–Crippen MR) is 60.8 cm³/mol. The van der Waals surface area contributed by atoms with E-state index in [2.05, 4.69) is 21.3 Å². The minimum absolute atomic E-state index is 0.871. The quantitative estimate of drug-likeness (QED) is 0.455. The van der Waals surface area contributed by atoms with Gasteiger partial charge in [0.1, 0.15) is 4.83 Å². The van der Waals surface area contributed by atoms with Gasteiger partial charge in [-0.05, 0) is 18.0 Å². The SMILES string of the molecule is CCCCSc1ncc2cnsc2n1. The van der Waals surface area contributed by atoms with Crippen LogP contribution in [0.4, 0.5) is 0 Å². The van der Waals surface area contributed by atoms with E-state index in [4.69, 9.17) is 0 Å². The van der Waals surface area contributed by atoms with Crippen LogP contribution in [0.5, 0.6) is 0 Å². The van der Waals surface area contributed by atoms with Crippen molar-refractivity contribution in [3.8, 4) is 0 Å². The Balaban J connectivity index is 2.10. The fraction of sp³-hybridized carbons (Fsp3) is 0.444. The maximum atomic E-state index is 4.41. The van der Waals surface area contributed by atoms with Crippen molar-refractivity contribution in [3.63, 3.8) is 0 Å². The summed E-state index contributed by atoms with van der Waals surface area (Å²) >= 11 is 3.15. The zero-order valence-corrected chi connectivity index (χ0v) is 9.57. The Morgan fingerprint density at radius 2 is 2.36 bits per heavy atom. The van der Waals surface area contributed by atoms with E-state index in [1.54, 1.807) is 18.0 Å². The minimum Gasteiger partial charge on any atom is -0.230 e. The number of fused-ring (bicyclic) bond motifs is 1. The number of hydrogen-bond donors (Lipinski definition) is 0. The molecule has 0 aromatic carbocycles. The van der Waals surface area contributed by atoms with E-state index in [0.717, 1.165) is 21.1 Å². The summed E-state index contributed by atoms with van der Waals surface area (Å²) in [6, 6.07) is 0. The van der Waals surface area contributed by atoms with Gasteiger partial charge in [-0.3, -0.25) is 0 Å². The average molecular weight is 225 g/mol. The standard InChI is InChI=1S/C9H11N3S2/c1-2-3-4-13-9-10-5-7-6-11-14-8(7)12-9/h5-6H,2-4H2,1H3. The van der Waals surface area contributed by atoms with E-state index in [1.165, 1.54) is 24.4 Å². The van der Waals surface area contributed by atoms with Crippen LogP contribution in [0, 0.1) is 0 Å². The fourth-order valence-electron chi connectivity index (χ4n) is 1.03. The maximum absolute atomic E-state index is 4.41. The van der Waals surface area contributed by atoms with Gasteiger partial charge in [-0.15, -0.1) is 0 Å². The Hall–Kier alpha value is -0.680. The number of nitrogens with zero attached hydrogens (tertiary/aromatic N) is 3. The van der Waals surface area contributed by atoms with Crippen LogP contribution in [-0.4, -0.2) is 20.1 Å². The third-order valence-corrected chi connectivity index (χ3v) is 3.48. The molecule has 0 aliphatic carbocycles. The second kappa shape index (κ2) is 4.70. The third-order valence-electron chi connectivity index (χ3n) is 1.82. The molecule has 0 saturated heterocycles. The Labute approximate surface area is 91.1 Å². The van der Waals surface area contributed by atoms with Crippen molar-refractivity contribution >= 4 is 33.5 Å². The maximum Gasteiger partial charge on any atom is 0.188 e. The van der Waals surface area contributed by atoms with Crippen molar-refractivity contribution in [3.05, 3.63) is 12.4 Å². The summed E-state index contributed by atoms with van der Waals surface area (Å²) in [6.45, 7) is 2.19. The van der Waals surface area contributed by atoms with Crippen LogP contribution in [0.1, 0.15) is 19.8 Å². The van der Waals surface area contributed by atoms with Crippen molar-refractivity contribution in [2.45, 2.75) is 24.9 Å². The van der Waals surface area contributed by atoms with Crippen molar-refractivity contribution in [2.24, 2.45) is 0 Å². The van der Waals surface area contributed by atoms with Crippen LogP contribution in [-0.2, 0) is 0 Å². The van der Waals surface area contributed by atoms with Crippen LogP contribution in [0.3, 0.4) is 0 Å². The zero-order chi connectivity index (χ0) is 9.80. The Bertz CT molecular complexity index is 413. The molecule has 2 aromatic rings. The van der Waals surface area contributed by atoms with Gasteiger partial charge in [0.2, 0.25) is 0 Å². The topological polar surface area (TPSA) is 38.7 Å². The summed E-state index contributed by atoms with van der Waals surface area (Å²) in [5.74, 6) is 1.10. The second-order valence-electron chi connectivity index (χ2n) is 2.94. The van der Waals surface area contributed by atoms with E-state index in [-0.39, 0.29) is 0 Å². The predicted octanol–water partition coefficient (Wildman–Crippen LogP) is 2.98. The molecule has 5 heteroatoms. The van der Waals surface area contributed by atoms with Gasteiger partial charge in [-0.2, -0.15) is 4.37 Å². The highest BCUT2D eigenvalue weighted by molar-refractivity contribution is 7.99. The molecule has 74 valence electrons. The number of aromatic nitrogens is 3. The van der Waals surface area contributed by atoms with Crippen LogP contribution < -0.4 is 0 Å². The van der Waals surface area contributed by atoms with Crippen LogP contribution in [0.2, 0.25) is 0 Å². The highest BCUT2D eigenvalue weighted by Crippen LogP contribution is 2.19. The van der Waals surface area contributed by atoms with Gasteiger partial charge in [-0.25, -0.2) is 9.97 Å². The first-order chi connectivity index (χ1) is 6.90. The van der Waals surface area contributed by atoms with Crippen molar-refractivity contribution < 1.29 is 0 Å². The van der Waals surface area contributed by atoms with Gasteiger partial charge in [0.25, 0.3) is 0 Å². The molecule has 0 bridgehead atoms. The molecule has 0 spiro atoms. The number of thioether (sulfide) groups is 1. The van der Waals surface area contributed by atoms with Crippen molar-refractivity contribution in [1.29, 1.82) is 0 Å². The lowest BCUT2D eigenvalue weighted by Crippen LogP contribution is -1.86. The molecule has 2 heterocycles. The first-order valence-corrected chi connectivity index (χ1v) is 6.36. The molecule has 0 unspecified atom stereocenters. The number of rotatable bonds is 4. The molecule has 0 saturated carbocycles. The van der Waals surface area contributed by atoms with Gasteiger partial charge in [0, 0.05) is 17.3 Å². The van der Waals surface area contributed by atoms with E-state index in [1.807, 2.05) is 6.20 Å². The highest BCUT2D eigenvalue weighted by atomic mass is 32.2. The molecule has 0 atom stereocenters. The first kappa shape index (κ1) is 9.86. The summed E-state index contributed by atoms with van der Waals surface area (Å²) in [6.07, 6.45) is 6.09. The normalized spacial score (nSPS) is 10.9. The van der Waals surface area contributed by atoms with Crippen LogP contribution in [0.15, 0.2) is 17.6 Å². The molecular formula is C9H11N3S2. The molecule has 2 aromatic heterocycles. The van der Waals surface area contributed by atoms with Gasteiger partial charge in [0.15, 0.2) is 5.16 Å². The molecule has 0 aliphatic heterocycles. The molecule has 0 aliphatic rings. The molecule has 0 fully saturated rings. The summed E-state index contributed by atoms with van der Waals surface area (Å²) in [7, 11) is 0. The fourth-order valence-corrected chi connectivity index (χ4v) is 2.59. The van der Waals surface area contributed by atoms with E-state index in [9.17, 15) is 0 Å². The molecule has 0 N–H and O–H groups in total. The van der Waals surface area contributed by atoms with Gasteiger partial charge >= 0.3 is 0 Å². The second-order valence-corrected chi connectivity index (χ2v) is 4.78. The van der Waals surface area contributed by atoms with E-state index in [0.29, 0.717) is 0 Å². The van der Waals surface area contributed by atoms with Crippen LogP contribution in [0.25, 0.3) is 10.2 Å². The van der Waals surface area contributed by atoms with E-state index < -0.39 is 0 Å². The lowest BCUT2D eigenvalue weighted by molar-refractivity contribution is 0.891. The smallest absolute Gasteiger partial charge is 0.188 e. The lowest BCUT2D eigenvalue weighted by Gasteiger charge is -1.97.